The van der Waals surface area contributed by atoms with Gasteiger partial charge in [0, 0.05) is 17.5 Å². The second kappa shape index (κ2) is 6.89. The molecule has 1 N–H and O–H groups in total. The van der Waals surface area contributed by atoms with Gasteiger partial charge in [0.05, 0.1) is 12.0 Å². The third-order valence-corrected chi connectivity index (χ3v) is 4.17. The van der Waals surface area contributed by atoms with Gasteiger partial charge in [-0.05, 0) is 25.0 Å². The maximum absolute atomic E-state index is 12.6. The summed E-state index contributed by atoms with van der Waals surface area (Å²) >= 11 is 0.330. The third kappa shape index (κ3) is 3.93. The van der Waals surface area contributed by atoms with Gasteiger partial charge in [-0.2, -0.15) is 8.78 Å². The molecule has 1 fully saturated rings. The molecule has 0 radical (unpaired) electrons. The Balaban J connectivity index is 2.21. The molecule has 2 rings (SSSR count). The number of hydrogen-bond acceptors (Lipinski definition) is 3. The minimum atomic E-state index is -2.60. The van der Waals surface area contributed by atoms with Crippen LogP contribution in [-0.4, -0.2) is 40.2 Å². The van der Waals surface area contributed by atoms with E-state index in [2.05, 4.69) is 0 Å². The van der Waals surface area contributed by atoms with Crippen molar-refractivity contribution in [2.24, 2.45) is 0 Å². The first-order valence-electron chi connectivity index (χ1n) is 6.55. The average molecular weight is 315 g/mol. The number of benzene rings is 1. The summed E-state index contributed by atoms with van der Waals surface area (Å²) in [4.78, 5) is 25.1. The number of rotatable bonds is 5. The summed E-state index contributed by atoms with van der Waals surface area (Å²) in [6.45, 7) is 0.463. The number of amides is 1. The number of nitrogens with zero attached hydrogens (tertiary/aromatic N) is 1. The van der Waals surface area contributed by atoms with E-state index < -0.39 is 11.7 Å². The van der Waals surface area contributed by atoms with E-state index in [1.807, 2.05) is 0 Å². The highest BCUT2D eigenvalue weighted by Crippen LogP contribution is 2.31. The fourth-order valence-corrected chi connectivity index (χ4v) is 3.15. The topological polar surface area (TPSA) is 57.6 Å². The molecule has 1 aliphatic rings. The Labute approximate surface area is 125 Å². The lowest BCUT2D eigenvalue weighted by Gasteiger charge is -2.24. The predicted octanol–water partition coefficient (Wildman–Crippen LogP) is 3.08. The standard InChI is InChI=1S/C14H15F2NO3S/c15-14(16)21-11-6-2-1-5-10(11)13(20)17-7-3-4-9(17)8-12(18)19/h1-2,5-6,9,14H,3-4,7-8H2,(H,18,19). The van der Waals surface area contributed by atoms with E-state index in [9.17, 15) is 18.4 Å². The van der Waals surface area contributed by atoms with Crippen LogP contribution in [0.3, 0.4) is 0 Å². The van der Waals surface area contributed by atoms with Crippen LogP contribution in [0.4, 0.5) is 8.78 Å². The summed E-state index contributed by atoms with van der Waals surface area (Å²) in [7, 11) is 0. The number of hydrogen-bond donors (Lipinski definition) is 1. The maximum Gasteiger partial charge on any atom is 0.305 e. The van der Waals surface area contributed by atoms with E-state index >= 15 is 0 Å². The summed E-state index contributed by atoms with van der Waals surface area (Å²) in [5, 5.41) is 8.88. The Kier molecular flexibility index (Phi) is 5.17. The zero-order chi connectivity index (χ0) is 15.4. The van der Waals surface area contributed by atoms with Crippen LogP contribution in [0.5, 0.6) is 0 Å². The van der Waals surface area contributed by atoms with Crippen molar-refractivity contribution in [1.29, 1.82) is 0 Å². The molecule has 1 aromatic rings. The lowest BCUT2D eigenvalue weighted by atomic mass is 10.1. The van der Waals surface area contributed by atoms with Gasteiger partial charge in [0.2, 0.25) is 0 Å². The Morgan fingerprint density at radius 2 is 2.10 bits per heavy atom. The van der Waals surface area contributed by atoms with Crippen LogP contribution in [0.15, 0.2) is 29.2 Å². The van der Waals surface area contributed by atoms with Gasteiger partial charge in [0.25, 0.3) is 11.7 Å². The summed E-state index contributed by atoms with van der Waals surface area (Å²) in [5.41, 5.74) is 0.208. The first-order chi connectivity index (χ1) is 9.99. The molecular formula is C14H15F2NO3S. The van der Waals surface area contributed by atoms with E-state index in [1.54, 1.807) is 12.1 Å². The predicted molar refractivity (Wildman–Crippen MR) is 74.6 cm³/mol. The van der Waals surface area contributed by atoms with Crippen LogP contribution < -0.4 is 0 Å². The highest BCUT2D eigenvalue weighted by atomic mass is 32.2. The smallest absolute Gasteiger partial charge is 0.305 e. The highest BCUT2D eigenvalue weighted by Gasteiger charge is 2.32. The molecule has 21 heavy (non-hydrogen) atoms. The van der Waals surface area contributed by atoms with Crippen molar-refractivity contribution >= 4 is 23.6 Å². The number of carbonyl (C=O) groups is 2. The number of alkyl halides is 2. The van der Waals surface area contributed by atoms with Crippen molar-refractivity contribution in [1.82, 2.24) is 4.90 Å². The number of carboxylic acids is 1. The molecule has 0 saturated carbocycles. The van der Waals surface area contributed by atoms with Crippen molar-refractivity contribution in [3.63, 3.8) is 0 Å². The fourth-order valence-electron chi connectivity index (χ4n) is 2.51. The fraction of sp³-hybridized carbons (Fsp3) is 0.429. The van der Waals surface area contributed by atoms with Crippen LogP contribution in [0.1, 0.15) is 29.6 Å². The number of carbonyl (C=O) groups excluding carboxylic acids is 1. The summed E-state index contributed by atoms with van der Waals surface area (Å²) < 4.78 is 25.1. The molecule has 114 valence electrons. The molecule has 4 nitrogen and oxygen atoms in total. The molecule has 1 saturated heterocycles. The molecule has 1 aliphatic heterocycles. The normalized spacial score (nSPS) is 18.2. The number of aliphatic carboxylic acids is 1. The molecule has 0 bridgehead atoms. The van der Waals surface area contributed by atoms with E-state index in [4.69, 9.17) is 5.11 Å². The van der Waals surface area contributed by atoms with Crippen molar-refractivity contribution in [3.05, 3.63) is 29.8 Å². The second-order valence-corrected chi connectivity index (χ2v) is 5.80. The third-order valence-electron chi connectivity index (χ3n) is 3.38. The SMILES string of the molecule is O=C(O)CC1CCCN1C(=O)c1ccccc1SC(F)F. The number of carboxylic acid groups (broad SMARTS) is 1. The van der Waals surface area contributed by atoms with Gasteiger partial charge in [-0.1, -0.05) is 23.9 Å². The molecule has 1 aromatic carbocycles. The van der Waals surface area contributed by atoms with Gasteiger partial charge in [0.1, 0.15) is 0 Å². The molecule has 7 heteroatoms. The lowest BCUT2D eigenvalue weighted by molar-refractivity contribution is -0.137. The number of thioether (sulfide) groups is 1. The van der Waals surface area contributed by atoms with Gasteiger partial charge in [0.15, 0.2) is 0 Å². The van der Waals surface area contributed by atoms with E-state index in [1.165, 1.54) is 17.0 Å². The van der Waals surface area contributed by atoms with Crippen LogP contribution >= 0.6 is 11.8 Å². The molecular weight excluding hydrogens is 300 g/mol. The largest absolute Gasteiger partial charge is 0.481 e. The van der Waals surface area contributed by atoms with Crippen LogP contribution in [0.2, 0.25) is 0 Å². The number of halogens is 2. The average Bonchev–Trinajstić information content (AvgIpc) is 2.85. The van der Waals surface area contributed by atoms with E-state index in [-0.39, 0.29) is 28.8 Å². The maximum atomic E-state index is 12.6. The van der Waals surface area contributed by atoms with Gasteiger partial charge in [-0.25, -0.2) is 0 Å². The molecule has 1 unspecified atom stereocenters. The number of likely N-dealkylation sites (tertiary alicyclic amines) is 1. The summed E-state index contributed by atoms with van der Waals surface area (Å²) in [6.07, 6.45) is 1.24. The monoisotopic (exact) mass is 315 g/mol. The minimum absolute atomic E-state index is 0.115. The van der Waals surface area contributed by atoms with E-state index in [0.717, 1.165) is 6.42 Å². The van der Waals surface area contributed by atoms with Gasteiger partial charge >= 0.3 is 5.97 Å². The molecule has 1 heterocycles. The van der Waals surface area contributed by atoms with Crippen LogP contribution in [0, 0.1) is 0 Å². The first kappa shape index (κ1) is 15.8. The Hall–Kier alpha value is -1.63. The van der Waals surface area contributed by atoms with Gasteiger partial charge in [-0.15, -0.1) is 0 Å². The highest BCUT2D eigenvalue weighted by molar-refractivity contribution is 7.99. The minimum Gasteiger partial charge on any atom is -0.481 e. The van der Waals surface area contributed by atoms with E-state index in [0.29, 0.717) is 24.7 Å². The lowest BCUT2D eigenvalue weighted by Crippen LogP contribution is -2.37. The Morgan fingerprint density at radius 1 is 1.38 bits per heavy atom. The zero-order valence-electron chi connectivity index (χ0n) is 11.2. The summed E-state index contributed by atoms with van der Waals surface area (Å²) in [5.74, 6) is -3.94. The summed E-state index contributed by atoms with van der Waals surface area (Å²) in [6, 6.07) is 5.83. The molecule has 1 amide bonds. The Bertz CT molecular complexity index is 539. The molecule has 0 spiro atoms. The molecule has 0 aromatic heterocycles. The first-order valence-corrected chi connectivity index (χ1v) is 7.43. The molecule has 0 aliphatic carbocycles. The molecule has 1 atom stereocenters. The zero-order valence-corrected chi connectivity index (χ0v) is 12.0. The van der Waals surface area contributed by atoms with Crippen molar-refractivity contribution in [2.45, 2.75) is 36.0 Å². The van der Waals surface area contributed by atoms with Crippen LogP contribution in [-0.2, 0) is 4.79 Å². The quantitative estimate of drug-likeness (QED) is 0.848. The van der Waals surface area contributed by atoms with Crippen molar-refractivity contribution < 1.29 is 23.5 Å². The van der Waals surface area contributed by atoms with Crippen molar-refractivity contribution in [2.75, 3.05) is 6.54 Å². The van der Waals surface area contributed by atoms with Gasteiger partial charge in [-0.3, -0.25) is 9.59 Å². The van der Waals surface area contributed by atoms with Crippen molar-refractivity contribution in [3.8, 4) is 0 Å². The van der Waals surface area contributed by atoms with Gasteiger partial charge < -0.3 is 10.0 Å². The second-order valence-electron chi connectivity index (χ2n) is 4.77. The Morgan fingerprint density at radius 3 is 2.76 bits per heavy atom. The van der Waals surface area contributed by atoms with Crippen LogP contribution in [0.25, 0.3) is 0 Å².